The van der Waals surface area contributed by atoms with Crippen LogP contribution in [0.15, 0.2) is 53.1 Å². The number of halogens is 1. The molecule has 0 aliphatic rings. The first-order valence-electron chi connectivity index (χ1n) is 7.00. The third-order valence-corrected chi connectivity index (χ3v) is 3.51. The van der Waals surface area contributed by atoms with Gasteiger partial charge in [-0.1, -0.05) is 17.7 Å². The fourth-order valence-electron chi connectivity index (χ4n) is 2.30. The second-order valence-corrected chi connectivity index (χ2v) is 5.48. The normalized spacial score (nSPS) is 11.0. The maximum absolute atomic E-state index is 6.03. The molecule has 0 saturated carbocycles. The Balaban J connectivity index is 1.82. The summed E-state index contributed by atoms with van der Waals surface area (Å²) in [7, 11) is 0. The lowest BCUT2D eigenvalue weighted by Gasteiger charge is -2.08. The molecule has 0 bridgehead atoms. The minimum Gasteiger partial charge on any atom is -0.461 e. The van der Waals surface area contributed by atoms with Crippen LogP contribution in [0.1, 0.15) is 5.69 Å². The molecule has 23 heavy (non-hydrogen) atoms. The Morgan fingerprint density at radius 3 is 2.83 bits per heavy atom. The van der Waals surface area contributed by atoms with Crippen LogP contribution in [0.3, 0.4) is 0 Å². The number of fused-ring (bicyclic) bond motifs is 1. The van der Waals surface area contributed by atoms with Gasteiger partial charge in [0.1, 0.15) is 5.82 Å². The summed E-state index contributed by atoms with van der Waals surface area (Å²) in [5.41, 5.74) is 1.69. The summed E-state index contributed by atoms with van der Waals surface area (Å²) in [6.45, 7) is 1.91. The summed E-state index contributed by atoms with van der Waals surface area (Å²) in [5, 5.41) is 8.42. The van der Waals surface area contributed by atoms with Crippen molar-refractivity contribution < 1.29 is 4.42 Å². The lowest BCUT2D eigenvalue weighted by molar-refractivity contribution is 0.577. The van der Waals surface area contributed by atoms with Gasteiger partial charge in [-0.25, -0.2) is 4.98 Å². The van der Waals surface area contributed by atoms with Gasteiger partial charge in [-0.15, -0.1) is 5.10 Å². The number of nitrogens with one attached hydrogen (secondary N) is 1. The van der Waals surface area contributed by atoms with Gasteiger partial charge in [0.2, 0.25) is 5.82 Å². The SMILES string of the molecule is Cc1cc(Nc2cccc(Cl)c2)n2nc(-c3ccco3)nc2n1. The minimum absolute atomic E-state index is 0.488. The van der Waals surface area contributed by atoms with Crippen molar-refractivity contribution in [3.05, 3.63) is 59.4 Å². The number of nitrogens with zero attached hydrogens (tertiary/aromatic N) is 4. The number of rotatable bonds is 3. The van der Waals surface area contributed by atoms with E-state index in [1.807, 2.05) is 43.3 Å². The smallest absolute Gasteiger partial charge is 0.255 e. The van der Waals surface area contributed by atoms with Crippen molar-refractivity contribution in [3.63, 3.8) is 0 Å². The molecule has 4 rings (SSSR count). The van der Waals surface area contributed by atoms with Crippen LogP contribution in [0.2, 0.25) is 5.02 Å². The highest BCUT2D eigenvalue weighted by Gasteiger charge is 2.13. The lowest BCUT2D eigenvalue weighted by Crippen LogP contribution is -2.02. The van der Waals surface area contributed by atoms with Gasteiger partial charge in [0.05, 0.1) is 6.26 Å². The Labute approximate surface area is 136 Å². The molecule has 0 radical (unpaired) electrons. The van der Waals surface area contributed by atoms with Crippen molar-refractivity contribution in [2.24, 2.45) is 0 Å². The standard InChI is InChI=1S/C16H12ClN5O/c1-10-8-14(19-12-5-2-4-11(17)9-12)22-16(18-10)20-15(21-22)13-6-3-7-23-13/h2-9,19H,1H3. The van der Waals surface area contributed by atoms with Crippen LogP contribution in [0.4, 0.5) is 11.5 Å². The largest absolute Gasteiger partial charge is 0.461 e. The number of hydrogen-bond acceptors (Lipinski definition) is 5. The van der Waals surface area contributed by atoms with Gasteiger partial charge in [-0.2, -0.15) is 9.50 Å². The minimum atomic E-state index is 0.488. The van der Waals surface area contributed by atoms with Crippen molar-refractivity contribution in [3.8, 4) is 11.6 Å². The summed E-state index contributed by atoms with van der Waals surface area (Å²) >= 11 is 6.03. The molecule has 7 heteroatoms. The van der Waals surface area contributed by atoms with E-state index in [1.165, 1.54) is 0 Å². The van der Waals surface area contributed by atoms with E-state index >= 15 is 0 Å². The van der Waals surface area contributed by atoms with Crippen LogP contribution in [-0.4, -0.2) is 19.6 Å². The molecular weight excluding hydrogens is 314 g/mol. The van der Waals surface area contributed by atoms with Gasteiger partial charge >= 0.3 is 0 Å². The van der Waals surface area contributed by atoms with Crippen molar-refractivity contribution in [1.29, 1.82) is 0 Å². The Hall–Kier alpha value is -2.86. The van der Waals surface area contributed by atoms with Gasteiger partial charge in [0.15, 0.2) is 5.76 Å². The number of furan rings is 1. The average Bonchev–Trinajstić information content (AvgIpc) is 3.15. The Morgan fingerprint density at radius 1 is 1.13 bits per heavy atom. The number of aryl methyl sites for hydroxylation is 1. The highest BCUT2D eigenvalue weighted by molar-refractivity contribution is 6.30. The summed E-state index contributed by atoms with van der Waals surface area (Å²) in [4.78, 5) is 8.82. The van der Waals surface area contributed by atoms with Crippen LogP contribution >= 0.6 is 11.6 Å². The molecule has 0 saturated heterocycles. The van der Waals surface area contributed by atoms with E-state index < -0.39 is 0 Å². The third-order valence-electron chi connectivity index (χ3n) is 3.28. The first-order valence-corrected chi connectivity index (χ1v) is 7.38. The van der Waals surface area contributed by atoms with Crippen LogP contribution in [0, 0.1) is 6.92 Å². The van der Waals surface area contributed by atoms with Crippen LogP contribution in [-0.2, 0) is 0 Å². The molecule has 1 N–H and O–H groups in total. The second-order valence-electron chi connectivity index (χ2n) is 5.04. The van der Waals surface area contributed by atoms with Gasteiger partial charge in [0.25, 0.3) is 5.78 Å². The fraction of sp³-hybridized carbons (Fsp3) is 0.0625. The Kier molecular flexibility index (Phi) is 3.24. The number of benzene rings is 1. The van der Waals surface area contributed by atoms with Crippen LogP contribution in [0.5, 0.6) is 0 Å². The zero-order chi connectivity index (χ0) is 15.8. The first-order chi connectivity index (χ1) is 11.2. The molecule has 0 aliphatic carbocycles. The summed E-state index contributed by atoms with van der Waals surface area (Å²) in [6.07, 6.45) is 1.59. The van der Waals surface area contributed by atoms with Gasteiger partial charge in [-0.05, 0) is 37.3 Å². The third kappa shape index (κ3) is 2.64. The fourth-order valence-corrected chi connectivity index (χ4v) is 2.49. The van der Waals surface area contributed by atoms with Crippen LogP contribution in [0.25, 0.3) is 17.4 Å². The zero-order valence-corrected chi connectivity index (χ0v) is 12.9. The van der Waals surface area contributed by atoms with E-state index in [4.69, 9.17) is 16.0 Å². The van der Waals surface area contributed by atoms with Gasteiger partial charge < -0.3 is 9.73 Å². The number of hydrogen-bond donors (Lipinski definition) is 1. The molecule has 6 nitrogen and oxygen atoms in total. The Morgan fingerprint density at radius 2 is 2.04 bits per heavy atom. The van der Waals surface area contributed by atoms with E-state index in [-0.39, 0.29) is 0 Å². The molecule has 0 aliphatic heterocycles. The molecule has 0 spiro atoms. The quantitative estimate of drug-likeness (QED) is 0.614. The maximum atomic E-state index is 6.03. The first kappa shape index (κ1) is 13.8. The Bertz CT molecular complexity index is 977. The van der Waals surface area contributed by atoms with Crippen molar-refractivity contribution >= 4 is 28.9 Å². The van der Waals surface area contributed by atoms with Crippen molar-refractivity contribution in [2.45, 2.75) is 6.92 Å². The number of anilines is 2. The highest BCUT2D eigenvalue weighted by Crippen LogP contribution is 2.23. The molecule has 3 aromatic heterocycles. The van der Waals surface area contributed by atoms with Gasteiger partial charge in [-0.3, -0.25) is 0 Å². The van der Waals surface area contributed by atoms with Gasteiger partial charge in [0, 0.05) is 22.5 Å². The van der Waals surface area contributed by atoms with Crippen molar-refractivity contribution in [1.82, 2.24) is 19.6 Å². The van der Waals surface area contributed by atoms with E-state index in [0.717, 1.165) is 17.2 Å². The second kappa shape index (κ2) is 5.40. The van der Waals surface area contributed by atoms with E-state index in [1.54, 1.807) is 16.8 Å². The van der Waals surface area contributed by atoms with Crippen LogP contribution < -0.4 is 5.32 Å². The topological polar surface area (TPSA) is 68.2 Å². The highest BCUT2D eigenvalue weighted by atomic mass is 35.5. The summed E-state index contributed by atoms with van der Waals surface area (Å²) < 4.78 is 6.99. The predicted octanol–water partition coefficient (Wildman–Crippen LogP) is 4.09. The molecule has 0 fully saturated rings. The molecule has 0 atom stereocenters. The van der Waals surface area contributed by atoms with E-state index in [9.17, 15) is 0 Å². The number of aromatic nitrogens is 4. The molecule has 1 aromatic carbocycles. The van der Waals surface area contributed by atoms with E-state index in [2.05, 4.69) is 20.4 Å². The predicted molar refractivity (Wildman–Crippen MR) is 88.0 cm³/mol. The summed E-state index contributed by atoms with van der Waals surface area (Å²) in [6, 6.07) is 13.0. The maximum Gasteiger partial charge on any atom is 0.255 e. The lowest BCUT2D eigenvalue weighted by atomic mass is 10.3. The van der Waals surface area contributed by atoms with E-state index in [0.29, 0.717) is 22.4 Å². The monoisotopic (exact) mass is 325 g/mol. The molecule has 4 aromatic rings. The molecule has 114 valence electrons. The molecule has 0 unspecified atom stereocenters. The molecule has 0 amide bonds. The van der Waals surface area contributed by atoms with Crippen molar-refractivity contribution in [2.75, 3.05) is 5.32 Å². The zero-order valence-electron chi connectivity index (χ0n) is 12.2. The molecular formula is C16H12ClN5O. The summed E-state index contributed by atoms with van der Waals surface area (Å²) in [5.74, 6) is 2.34. The average molecular weight is 326 g/mol. The molecule has 3 heterocycles.